The Hall–Kier alpha value is -1.26. The van der Waals surface area contributed by atoms with Gasteiger partial charge in [-0.2, -0.15) is 0 Å². The second-order valence-electron chi connectivity index (χ2n) is 4.43. The van der Waals surface area contributed by atoms with Crippen molar-refractivity contribution in [2.24, 2.45) is 5.92 Å². The van der Waals surface area contributed by atoms with Crippen molar-refractivity contribution in [1.82, 2.24) is 4.98 Å². The third kappa shape index (κ3) is 3.62. The predicted octanol–water partition coefficient (Wildman–Crippen LogP) is 2.98. The van der Waals surface area contributed by atoms with Crippen LogP contribution in [0, 0.1) is 18.7 Å². The van der Waals surface area contributed by atoms with Crippen LogP contribution in [0.4, 0.5) is 4.39 Å². The molecule has 1 heterocycles. The van der Waals surface area contributed by atoms with Crippen LogP contribution in [-0.2, 0) is 12.8 Å². The van der Waals surface area contributed by atoms with Crippen LogP contribution in [0.3, 0.4) is 0 Å². The number of hydrogen-bond donors (Lipinski definition) is 1. The second kappa shape index (κ2) is 6.07. The minimum Gasteiger partial charge on any atom is -0.396 e. The molecule has 1 aromatic heterocycles. The van der Waals surface area contributed by atoms with Gasteiger partial charge < -0.3 is 5.11 Å². The fourth-order valence-corrected chi connectivity index (χ4v) is 2.85. The van der Waals surface area contributed by atoms with E-state index in [9.17, 15) is 9.50 Å². The van der Waals surface area contributed by atoms with E-state index in [1.54, 1.807) is 23.5 Å². The summed E-state index contributed by atoms with van der Waals surface area (Å²) in [5.74, 6) is -0.0623. The molecule has 0 saturated heterocycles. The predicted molar refractivity (Wildman–Crippen MR) is 71.2 cm³/mol. The average molecular weight is 265 g/mol. The monoisotopic (exact) mass is 265 g/mol. The molecule has 0 spiro atoms. The molecule has 0 amide bonds. The van der Waals surface area contributed by atoms with E-state index in [4.69, 9.17) is 0 Å². The van der Waals surface area contributed by atoms with Crippen molar-refractivity contribution in [3.63, 3.8) is 0 Å². The first-order valence-corrected chi connectivity index (χ1v) is 6.75. The zero-order valence-corrected chi connectivity index (χ0v) is 11.1. The maximum atomic E-state index is 12.8. The molecule has 0 aliphatic carbocycles. The molecule has 18 heavy (non-hydrogen) atoms. The third-order valence-electron chi connectivity index (χ3n) is 2.85. The number of aryl methyl sites for hydroxylation is 1. The van der Waals surface area contributed by atoms with Gasteiger partial charge in [-0.15, -0.1) is 11.3 Å². The van der Waals surface area contributed by atoms with E-state index in [1.807, 2.05) is 13.1 Å². The Morgan fingerprint density at radius 2 is 2.00 bits per heavy atom. The Morgan fingerprint density at radius 3 is 2.56 bits per heavy atom. The van der Waals surface area contributed by atoms with Gasteiger partial charge in [-0.1, -0.05) is 12.1 Å². The molecule has 2 aromatic rings. The van der Waals surface area contributed by atoms with E-state index >= 15 is 0 Å². The van der Waals surface area contributed by atoms with Crippen LogP contribution in [0.2, 0.25) is 0 Å². The van der Waals surface area contributed by atoms with Crippen molar-refractivity contribution in [1.29, 1.82) is 0 Å². The molecule has 0 aliphatic heterocycles. The maximum absolute atomic E-state index is 12.8. The van der Waals surface area contributed by atoms with E-state index in [0.29, 0.717) is 0 Å². The quantitative estimate of drug-likeness (QED) is 0.901. The zero-order chi connectivity index (χ0) is 13.0. The van der Waals surface area contributed by atoms with Gasteiger partial charge in [-0.05, 0) is 43.4 Å². The third-order valence-corrected chi connectivity index (χ3v) is 3.79. The van der Waals surface area contributed by atoms with Crippen LogP contribution in [-0.4, -0.2) is 16.7 Å². The molecule has 2 rings (SSSR count). The van der Waals surface area contributed by atoms with Gasteiger partial charge in [0.2, 0.25) is 0 Å². The van der Waals surface area contributed by atoms with Crippen molar-refractivity contribution in [3.8, 4) is 0 Å². The largest absolute Gasteiger partial charge is 0.396 e. The van der Waals surface area contributed by atoms with Crippen LogP contribution in [0.15, 0.2) is 30.5 Å². The molecule has 1 N–H and O–H groups in total. The SMILES string of the molecule is Cc1ncc(CC(CO)Cc2ccc(F)cc2)s1. The molecule has 1 aromatic carbocycles. The Bertz CT molecular complexity index is 495. The molecule has 1 unspecified atom stereocenters. The number of hydrogen-bond acceptors (Lipinski definition) is 3. The molecule has 1 atom stereocenters. The normalized spacial score (nSPS) is 12.6. The first-order chi connectivity index (χ1) is 8.67. The summed E-state index contributed by atoms with van der Waals surface area (Å²) in [5, 5.41) is 10.5. The second-order valence-corrected chi connectivity index (χ2v) is 5.75. The molecular formula is C14H16FNOS. The Balaban J connectivity index is 1.99. The van der Waals surface area contributed by atoms with Gasteiger partial charge >= 0.3 is 0 Å². The molecule has 2 nitrogen and oxygen atoms in total. The minimum atomic E-state index is -0.225. The highest BCUT2D eigenvalue weighted by atomic mass is 32.1. The molecule has 96 valence electrons. The van der Waals surface area contributed by atoms with Crippen molar-refractivity contribution in [3.05, 3.63) is 51.7 Å². The van der Waals surface area contributed by atoms with E-state index in [2.05, 4.69) is 4.98 Å². The van der Waals surface area contributed by atoms with Gasteiger partial charge in [0.25, 0.3) is 0 Å². The number of aliphatic hydroxyl groups is 1. The molecule has 0 radical (unpaired) electrons. The lowest BCUT2D eigenvalue weighted by Crippen LogP contribution is -2.12. The van der Waals surface area contributed by atoms with Gasteiger partial charge in [0, 0.05) is 17.7 Å². The minimum absolute atomic E-state index is 0.133. The zero-order valence-electron chi connectivity index (χ0n) is 10.3. The summed E-state index contributed by atoms with van der Waals surface area (Å²) in [7, 11) is 0. The lowest BCUT2D eigenvalue weighted by Gasteiger charge is -2.12. The molecule has 0 bridgehead atoms. The fourth-order valence-electron chi connectivity index (χ4n) is 1.94. The van der Waals surface area contributed by atoms with Crippen molar-refractivity contribution in [2.45, 2.75) is 19.8 Å². The highest BCUT2D eigenvalue weighted by Gasteiger charge is 2.11. The van der Waals surface area contributed by atoms with Crippen LogP contribution < -0.4 is 0 Å². The van der Waals surface area contributed by atoms with Crippen molar-refractivity contribution < 1.29 is 9.50 Å². The van der Waals surface area contributed by atoms with E-state index in [1.165, 1.54) is 17.0 Å². The first kappa shape index (κ1) is 13.2. The van der Waals surface area contributed by atoms with Crippen LogP contribution >= 0.6 is 11.3 Å². The Labute approximate surface area is 110 Å². The topological polar surface area (TPSA) is 33.1 Å². The van der Waals surface area contributed by atoms with E-state index in [0.717, 1.165) is 23.4 Å². The number of thiazole rings is 1. The van der Waals surface area contributed by atoms with Crippen LogP contribution in [0.5, 0.6) is 0 Å². The van der Waals surface area contributed by atoms with Gasteiger partial charge in [-0.3, -0.25) is 0 Å². The lowest BCUT2D eigenvalue weighted by atomic mass is 9.96. The maximum Gasteiger partial charge on any atom is 0.123 e. The molecule has 0 saturated carbocycles. The summed E-state index contributed by atoms with van der Waals surface area (Å²) < 4.78 is 12.8. The van der Waals surface area contributed by atoms with Gasteiger partial charge in [0.05, 0.1) is 5.01 Å². The van der Waals surface area contributed by atoms with Crippen molar-refractivity contribution in [2.75, 3.05) is 6.61 Å². The highest BCUT2D eigenvalue weighted by Crippen LogP contribution is 2.19. The standard InChI is InChI=1S/C14H16FNOS/c1-10-16-8-14(18-10)7-12(9-17)6-11-2-4-13(15)5-3-11/h2-5,8,12,17H,6-7,9H2,1H3. The summed E-state index contributed by atoms with van der Waals surface area (Å²) in [4.78, 5) is 5.40. The number of aromatic nitrogens is 1. The first-order valence-electron chi connectivity index (χ1n) is 5.94. The fraction of sp³-hybridized carbons (Fsp3) is 0.357. The number of halogens is 1. The smallest absolute Gasteiger partial charge is 0.123 e. The summed E-state index contributed by atoms with van der Waals surface area (Å²) in [6, 6.07) is 6.47. The van der Waals surface area contributed by atoms with E-state index in [-0.39, 0.29) is 18.3 Å². The van der Waals surface area contributed by atoms with E-state index < -0.39 is 0 Å². The van der Waals surface area contributed by atoms with Gasteiger partial charge in [0.15, 0.2) is 0 Å². The average Bonchev–Trinajstić information content (AvgIpc) is 2.77. The number of nitrogens with zero attached hydrogens (tertiary/aromatic N) is 1. The van der Waals surface area contributed by atoms with Crippen molar-refractivity contribution >= 4 is 11.3 Å². The molecule has 4 heteroatoms. The van der Waals surface area contributed by atoms with Crippen LogP contribution in [0.1, 0.15) is 15.4 Å². The summed E-state index contributed by atoms with van der Waals surface area (Å²) in [6.07, 6.45) is 3.44. The highest BCUT2D eigenvalue weighted by molar-refractivity contribution is 7.11. The summed E-state index contributed by atoms with van der Waals surface area (Å²) in [6.45, 7) is 2.11. The Morgan fingerprint density at radius 1 is 1.28 bits per heavy atom. The molecule has 0 fully saturated rings. The molecule has 0 aliphatic rings. The number of rotatable bonds is 5. The summed E-state index contributed by atoms with van der Waals surface area (Å²) >= 11 is 1.66. The van der Waals surface area contributed by atoms with Gasteiger partial charge in [-0.25, -0.2) is 9.37 Å². The number of aliphatic hydroxyl groups excluding tert-OH is 1. The number of benzene rings is 1. The lowest BCUT2D eigenvalue weighted by molar-refractivity contribution is 0.225. The Kier molecular flexibility index (Phi) is 4.44. The summed E-state index contributed by atoms with van der Waals surface area (Å²) in [5.41, 5.74) is 1.05. The molecular weight excluding hydrogens is 249 g/mol. The van der Waals surface area contributed by atoms with Crippen LogP contribution in [0.25, 0.3) is 0 Å². The van der Waals surface area contributed by atoms with Gasteiger partial charge in [0.1, 0.15) is 5.82 Å².